The van der Waals surface area contributed by atoms with Crippen LogP contribution in [0.5, 0.6) is 0 Å². The molecule has 0 aliphatic carbocycles. The SMILES string of the molecule is Nc1nc2c(nnn2C2SC3CO[PH](=O)OC4C(CNS(=O)(=O)OC3C2O)OC(n2cnc3c(N)ncnc32)C4F)c(=O)[nH]1. The number of hydrogen-bond donors (Lipinski definition) is 5. The van der Waals surface area contributed by atoms with Gasteiger partial charge in [-0.2, -0.15) is 18.1 Å². The quantitative estimate of drug-likeness (QED) is 0.140. The minimum Gasteiger partial charge on any atom is -0.387 e. The Hall–Kier alpha value is -3.35. The lowest BCUT2D eigenvalue weighted by molar-refractivity contribution is -0.0199. The number of nitrogens with zero attached hydrogens (tertiary/aromatic N) is 8. The standard InChI is InChI=1S/C19H22FN12O9PS2/c20-7-11-5(39-17(7)31-4-25-8-13(21)23-3-24-14(8)31)1-26-44(36,37)41-12-6(2-38-42(35)40-11)43-18(10(12)33)32-15-9(29-30-32)16(34)28-19(22)27-15/h3-7,10-12,17-18,26,33,42H,1-2H2,(H2,21,23,24)(H3,22,27,28,34). The van der Waals surface area contributed by atoms with Gasteiger partial charge in [0.15, 0.2) is 35.0 Å². The van der Waals surface area contributed by atoms with E-state index >= 15 is 4.39 Å². The van der Waals surface area contributed by atoms with Crippen LogP contribution >= 0.6 is 20.0 Å². The van der Waals surface area contributed by atoms with Crippen LogP contribution in [0.15, 0.2) is 17.4 Å². The molecule has 3 fully saturated rings. The van der Waals surface area contributed by atoms with Gasteiger partial charge < -0.3 is 30.4 Å². The number of alkyl halides is 1. The van der Waals surface area contributed by atoms with Gasteiger partial charge in [0, 0.05) is 6.54 Å². The number of H-pyrrole nitrogens is 1. The van der Waals surface area contributed by atoms with Crippen LogP contribution in [0, 0.1) is 0 Å². The van der Waals surface area contributed by atoms with E-state index in [1.54, 1.807) is 0 Å². The van der Waals surface area contributed by atoms with Gasteiger partial charge in [-0.05, 0) is 0 Å². The normalized spacial score (nSPS) is 34.4. The first-order valence-corrected chi connectivity index (χ1v) is 16.3. The number of thioether (sulfide) groups is 1. The first-order valence-electron chi connectivity index (χ1n) is 12.7. The molecule has 0 radical (unpaired) electrons. The molecule has 9 atom stereocenters. The number of aliphatic hydroxyl groups is 1. The smallest absolute Gasteiger partial charge is 0.336 e. The second-order valence-corrected chi connectivity index (χ2v) is 13.6. The van der Waals surface area contributed by atoms with Gasteiger partial charge in [-0.15, -0.1) is 16.9 Å². The number of halogens is 1. The van der Waals surface area contributed by atoms with Crippen LogP contribution < -0.4 is 21.7 Å². The van der Waals surface area contributed by atoms with Crippen LogP contribution in [-0.2, 0) is 32.8 Å². The molecule has 25 heteroatoms. The van der Waals surface area contributed by atoms with Crippen molar-refractivity contribution in [3.05, 3.63) is 23.0 Å². The second kappa shape index (κ2) is 10.9. The zero-order valence-corrected chi connectivity index (χ0v) is 24.5. The largest absolute Gasteiger partial charge is 0.387 e. The predicted molar refractivity (Wildman–Crippen MR) is 147 cm³/mol. The van der Waals surface area contributed by atoms with Crippen molar-refractivity contribution in [3.8, 4) is 0 Å². The van der Waals surface area contributed by atoms with E-state index in [2.05, 4.69) is 40.0 Å². The van der Waals surface area contributed by atoms with Crippen LogP contribution in [-0.4, -0.2) is 107 Å². The summed E-state index contributed by atoms with van der Waals surface area (Å²) in [5.74, 6) is -0.191. The van der Waals surface area contributed by atoms with Crippen molar-refractivity contribution in [3.63, 3.8) is 0 Å². The average molecular weight is 677 g/mol. The van der Waals surface area contributed by atoms with Crippen LogP contribution in [0.25, 0.3) is 22.3 Å². The fourth-order valence-corrected chi connectivity index (χ4v) is 8.65. The van der Waals surface area contributed by atoms with Crippen LogP contribution in [0.3, 0.4) is 0 Å². The van der Waals surface area contributed by atoms with Crippen molar-refractivity contribution in [2.75, 3.05) is 24.6 Å². The Balaban J connectivity index is 1.15. The molecule has 0 spiro atoms. The third kappa shape index (κ3) is 5.00. The maximum Gasteiger partial charge on any atom is 0.336 e. The third-order valence-corrected chi connectivity index (χ3v) is 10.5. The molecule has 7 heterocycles. The summed E-state index contributed by atoms with van der Waals surface area (Å²) in [7, 11) is -8.05. The summed E-state index contributed by atoms with van der Waals surface area (Å²) in [4.78, 5) is 30.5. The molecule has 9 unspecified atom stereocenters. The highest BCUT2D eigenvalue weighted by molar-refractivity contribution is 8.00. The van der Waals surface area contributed by atoms with Gasteiger partial charge in [-0.3, -0.25) is 23.1 Å². The number of nitrogens with one attached hydrogen (secondary N) is 2. The molecule has 3 saturated heterocycles. The van der Waals surface area contributed by atoms with Gasteiger partial charge in [0.1, 0.15) is 41.6 Å². The molecule has 0 saturated carbocycles. The first kappa shape index (κ1) is 29.4. The highest BCUT2D eigenvalue weighted by Gasteiger charge is 2.52. The molecule has 0 bridgehead atoms. The molecular weight excluding hydrogens is 654 g/mol. The summed E-state index contributed by atoms with van der Waals surface area (Å²) in [6, 6.07) is 0. The Kier molecular flexibility index (Phi) is 7.29. The summed E-state index contributed by atoms with van der Waals surface area (Å²) in [6.45, 7) is -1.04. The first-order chi connectivity index (χ1) is 21.0. The van der Waals surface area contributed by atoms with E-state index in [0.29, 0.717) is 0 Å². The maximum atomic E-state index is 15.8. The minimum absolute atomic E-state index is 0.0483. The highest BCUT2D eigenvalue weighted by atomic mass is 32.2. The Bertz CT molecular complexity index is 1940. The number of nitrogens with two attached hydrogens (primary N) is 2. The highest BCUT2D eigenvalue weighted by Crippen LogP contribution is 2.46. The summed E-state index contributed by atoms with van der Waals surface area (Å²) >= 11 is 0.927. The van der Waals surface area contributed by atoms with E-state index in [4.69, 9.17) is 29.4 Å². The van der Waals surface area contributed by atoms with Gasteiger partial charge in [0.05, 0.1) is 18.2 Å². The number of aromatic nitrogens is 9. The second-order valence-electron chi connectivity index (χ2n) is 9.81. The van der Waals surface area contributed by atoms with Crippen molar-refractivity contribution >= 4 is 64.4 Å². The number of rotatable bonds is 2. The van der Waals surface area contributed by atoms with E-state index < -0.39 is 84.7 Å². The number of aromatic amines is 1. The molecule has 0 aromatic carbocycles. The van der Waals surface area contributed by atoms with Crippen molar-refractivity contribution in [2.45, 2.75) is 47.4 Å². The molecule has 21 nitrogen and oxygen atoms in total. The fraction of sp³-hybridized carbons (Fsp3) is 0.526. The number of nitrogen functional groups attached to an aromatic ring is 2. The number of ether oxygens (including phenoxy) is 1. The monoisotopic (exact) mass is 676 g/mol. The zero-order valence-electron chi connectivity index (χ0n) is 21.8. The molecule has 7 rings (SSSR count). The Morgan fingerprint density at radius 2 is 2.00 bits per heavy atom. The van der Waals surface area contributed by atoms with Crippen molar-refractivity contribution in [1.29, 1.82) is 0 Å². The van der Waals surface area contributed by atoms with E-state index in [0.717, 1.165) is 22.8 Å². The molecular formula is C19H22FN12O9PS2. The maximum absolute atomic E-state index is 15.8. The Morgan fingerprint density at radius 1 is 1.18 bits per heavy atom. The van der Waals surface area contributed by atoms with E-state index in [1.807, 2.05) is 0 Å². The summed E-state index contributed by atoms with van der Waals surface area (Å²) in [5, 5.41) is 16.7. The number of fused-ring (bicyclic) bond motifs is 4. The molecule has 0 amide bonds. The molecule has 4 aromatic heterocycles. The fourth-order valence-electron chi connectivity index (χ4n) is 5.14. The summed E-state index contributed by atoms with van der Waals surface area (Å²) in [5.41, 5.74) is 10.9. The van der Waals surface area contributed by atoms with Gasteiger partial charge >= 0.3 is 18.6 Å². The van der Waals surface area contributed by atoms with E-state index in [9.17, 15) is 22.9 Å². The van der Waals surface area contributed by atoms with Crippen molar-refractivity contribution < 1.29 is 40.4 Å². The summed E-state index contributed by atoms with van der Waals surface area (Å²) < 4.78 is 81.2. The topological polar surface area (TPSA) is 292 Å². The van der Waals surface area contributed by atoms with E-state index in [-0.39, 0.29) is 34.1 Å². The molecule has 44 heavy (non-hydrogen) atoms. The van der Waals surface area contributed by atoms with Crippen molar-refractivity contribution in [1.82, 2.24) is 49.2 Å². The minimum atomic E-state index is -4.63. The predicted octanol–water partition coefficient (Wildman–Crippen LogP) is -2.25. The lowest BCUT2D eigenvalue weighted by Crippen LogP contribution is -2.45. The third-order valence-electron chi connectivity index (χ3n) is 7.13. The van der Waals surface area contributed by atoms with Gasteiger partial charge in [-0.1, -0.05) is 5.21 Å². The number of anilines is 2. The van der Waals surface area contributed by atoms with Crippen LogP contribution in [0.4, 0.5) is 16.2 Å². The number of imidazole rings is 1. The van der Waals surface area contributed by atoms with E-state index in [1.165, 1.54) is 10.9 Å². The van der Waals surface area contributed by atoms with Crippen LogP contribution in [0.1, 0.15) is 11.6 Å². The molecule has 7 N–H and O–H groups in total. The van der Waals surface area contributed by atoms with Crippen molar-refractivity contribution in [2.24, 2.45) is 0 Å². The number of hydrogen-bond acceptors (Lipinski definition) is 18. The van der Waals surface area contributed by atoms with Gasteiger partial charge in [0.2, 0.25) is 5.95 Å². The number of aliphatic hydroxyl groups excluding tert-OH is 1. The molecule has 4 aromatic rings. The Labute approximate surface area is 249 Å². The van der Waals surface area contributed by atoms with Crippen LogP contribution in [0.2, 0.25) is 0 Å². The Morgan fingerprint density at radius 3 is 2.82 bits per heavy atom. The lowest BCUT2D eigenvalue weighted by Gasteiger charge is -2.25. The zero-order chi connectivity index (χ0) is 30.9. The van der Waals surface area contributed by atoms with Gasteiger partial charge in [0.25, 0.3) is 5.56 Å². The lowest BCUT2D eigenvalue weighted by atomic mass is 10.1. The molecule has 3 aliphatic rings. The van der Waals surface area contributed by atoms with Gasteiger partial charge in [-0.25, -0.2) is 24.0 Å². The molecule has 236 valence electrons. The summed E-state index contributed by atoms with van der Waals surface area (Å²) in [6.07, 6.45) is -6.94. The average Bonchev–Trinajstić information content (AvgIpc) is 3.72. The molecule has 3 aliphatic heterocycles.